The van der Waals surface area contributed by atoms with Crippen LogP contribution in [-0.4, -0.2) is 9.38 Å². The van der Waals surface area contributed by atoms with Crippen LogP contribution in [-0.2, 0) is 0 Å². The maximum atomic E-state index is 12.8. The lowest BCUT2D eigenvalue weighted by atomic mass is 9.99. The van der Waals surface area contributed by atoms with Gasteiger partial charge in [0.2, 0.25) is 0 Å². The van der Waals surface area contributed by atoms with Crippen molar-refractivity contribution in [2.24, 2.45) is 0 Å². The van der Waals surface area contributed by atoms with E-state index < -0.39 is 6.43 Å². The summed E-state index contributed by atoms with van der Waals surface area (Å²) in [5.74, 6) is 0.0794. The molecule has 0 spiro atoms. The minimum absolute atomic E-state index is 0.0794. The van der Waals surface area contributed by atoms with Crippen LogP contribution in [0.25, 0.3) is 5.65 Å². The molecule has 2 aromatic rings. The number of hydrogen-bond acceptors (Lipinski definition) is 1. The van der Waals surface area contributed by atoms with E-state index >= 15 is 0 Å². The fourth-order valence-electron chi connectivity index (χ4n) is 1.67. The summed E-state index contributed by atoms with van der Waals surface area (Å²) < 4.78 is 27.2. The number of fused-ring (bicyclic) bond motifs is 1. The average Bonchev–Trinajstić information content (AvgIpc) is 2.61. The summed E-state index contributed by atoms with van der Waals surface area (Å²) in [6.45, 7) is 3.81. The molecule has 2 aromatic heterocycles. The molecule has 0 radical (unpaired) electrons. The predicted molar refractivity (Wildman–Crippen MR) is 54.2 cm³/mol. The van der Waals surface area contributed by atoms with Crippen LogP contribution in [0.2, 0.25) is 0 Å². The van der Waals surface area contributed by atoms with Gasteiger partial charge in [0.1, 0.15) is 5.65 Å². The smallest absolute Gasteiger partial charge is 0.265 e. The first-order chi connectivity index (χ1) is 7.09. The fraction of sp³-hybridized carbons (Fsp3) is 0.364. The van der Waals surface area contributed by atoms with Crippen LogP contribution in [0.4, 0.5) is 8.78 Å². The van der Waals surface area contributed by atoms with Crippen molar-refractivity contribution in [3.63, 3.8) is 0 Å². The van der Waals surface area contributed by atoms with Gasteiger partial charge in [0, 0.05) is 24.2 Å². The molecule has 0 aliphatic carbocycles. The van der Waals surface area contributed by atoms with Crippen molar-refractivity contribution in [1.82, 2.24) is 9.38 Å². The van der Waals surface area contributed by atoms with E-state index in [0.29, 0.717) is 11.2 Å². The summed E-state index contributed by atoms with van der Waals surface area (Å²) in [4.78, 5) is 4.08. The van der Waals surface area contributed by atoms with Crippen LogP contribution >= 0.6 is 0 Å². The van der Waals surface area contributed by atoms with Gasteiger partial charge in [0.25, 0.3) is 6.43 Å². The number of imidazole rings is 1. The summed E-state index contributed by atoms with van der Waals surface area (Å²) in [7, 11) is 0. The Balaban J connectivity index is 2.68. The van der Waals surface area contributed by atoms with Crippen molar-refractivity contribution in [3.05, 3.63) is 35.8 Å². The highest BCUT2D eigenvalue weighted by Crippen LogP contribution is 2.28. The number of hydrogen-bond donors (Lipinski definition) is 0. The molecule has 4 heteroatoms. The van der Waals surface area contributed by atoms with Gasteiger partial charge in [-0.15, -0.1) is 0 Å². The summed E-state index contributed by atoms with van der Waals surface area (Å²) in [6, 6.07) is 1.73. The summed E-state index contributed by atoms with van der Waals surface area (Å²) >= 11 is 0. The zero-order chi connectivity index (χ0) is 11.0. The van der Waals surface area contributed by atoms with Gasteiger partial charge >= 0.3 is 0 Å². The Labute approximate surface area is 86.6 Å². The third-order valence-corrected chi connectivity index (χ3v) is 2.45. The van der Waals surface area contributed by atoms with Crippen LogP contribution in [0.3, 0.4) is 0 Å². The van der Waals surface area contributed by atoms with Gasteiger partial charge in [-0.25, -0.2) is 13.8 Å². The molecular formula is C11H12F2N2. The first kappa shape index (κ1) is 10.1. The molecule has 2 rings (SSSR count). The van der Waals surface area contributed by atoms with Gasteiger partial charge in [-0.3, -0.25) is 0 Å². The number of pyridine rings is 1. The third kappa shape index (κ3) is 1.71. The van der Waals surface area contributed by atoms with Crippen molar-refractivity contribution in [2.45, 2.75) is 26.2 Å². The molecule has 0 saturated heterocycles. The van der Waals surface area contributed by atoms with Gasteiger partial charge in [0.15, 0.2) is 0 Å². The Bertz CT molecular complexity index is 432. The second-order valence-electron chi connectivity index (χ2n) is 3.83. The van der Waals surface area contributed by atoms with Crippen LogP contribution in [0, 0.1) is 0 Å². The second-order valence-corrected chi connectivity index (χ2v) is 3.83. The molecule has 0 amide bonds. The number of aromatic nitrogens is 2. The monoisotopic (exact) mass is 210 g/mol. The molecule has 15 heavy (non-hydrogen) atoms. The lowest BCUT2D eigenvalue weighted by Gasteiger charge is -2.12. The molecule has 80 valence electrons. The standard InChI is InChI=1S/C11H12F2N2/c1-7(2)8-5-10-14-3-4-15(10)6-9(8)11(12)13/h3-7,11H,1-2H3. The van der Waals surface area contributed by atoms with E-state index in [1.807, 2.05) is 13.8 Å². The first-order valence-corrected chi connectivity index (χ1v) is 4.84. The largest absolute Gasteiger partial charge is 0.307 e. The minimum atomic E-state index is -2.44. The Morgan fingerprint density at radius 2 is 2.00 bits per heavy atom. The predicted octanol–water partition coefficient (Wildman–Crippen LogP) is 3.40. The van der Waals surface area contributed by atoms with Crippen molar-refractivity contribution in [3.8, 4) is 0 Å². The highest BCUT2D eigenvalue weighted by Gasteiger charge is 2.16. The summed E-state index contributed by atoms with van der Waals surface area (Å²) in [5.41, 5.74) is 1.47. The van der Waals surface area contributed by atoms with Crippen molar-refractivity contribution in [2.75, 3.05) is 0 Å². The van der Waals surface area contributed by atoms with E-state index in [-0.39, 0.29) is 11.5 Å². The molecule has 0 atom stereocenters. The molecule has 0 aromatic carbocycles. The highest BCUT2D eigenvalue weighted by molar-refractivity contribution is 5.46. The lowest BCUT2D eigenvalue weighted by molar-refractivity contribution is 0.149. The van der Waals surface area contributed by atoms with E-state index in [4.69, 9.17) is 0 Å². The Hall–Kier alpha value is -1.45. The normalized spacial score (nSPS) is 11.9. The fourth-order valence-corrected chi connectivity index (χ4v) is 1.67. The van der Waals surface area contributed by atoms with E-state index in [0.717, 1.165) is 0 Å². The van der Waals surface area contributed by atoms with Crippen LogP contribution in [0.15, 0.2) is 24.7 Å². The molecule has 2 heterocycles. The molecular weight excluding hydrogens is 198 g/mol. The molecule has 0 fully saturated rings. The second kappa shape index (κ2) is 3.61. The van der Waals surface area contributed by atoms with Gasteiger partial charge in [-0.2, -0.15) is 0 Å². The molecule has 0 bridgehead atoms. The minimum Gasteiger partial charge on any atom is -0.307 e. The van der Waals surface area contributed by atoms with E-state index in [2.05, 4.69) is 4.98 Å². The third-order valence-electron chi connectivity index (χ3n) is 2.45. The Morgan fingerprint density at radius 3 is 2.60 bits per heavy atom. The van der Waals surface area contributed by atoms with Crippen molar-refractivity contribution in [1.29, 1.82) is 0 Å². The van der Waals surface area contributed by atoms with Crippen LogP contribution in [0.5, 0.6) is 0 Å². The number of nitrogens with zero attached hydrogens (tertiary/aromatic N) is 2. The molecule has 0 saturated carbocycles. The molecule has 0 unspecified atom stereocenters. The first-order valence-electron chi connectivity index (χ1n) is 4.84. The quantitative estimate of drug-likeness (QED) is 0.742. The average molecular weight is 210 g/mol. The van der Waals surface area contributed by atoms with Crippen molar-refractivity contribution < 1.29 is 8.78 Å². The van der Waals surface area contributed by atoms with Gasteiger partial charge < -0.3 is 4.40 Å². The number of rotatable bonds is 2. The number of alkyl halides is 2. The van der Waals surface area contributed by atoms with E-state index in [1.54, 1.807) is 22.9 Å². The molecule has 0 aliphatic rings. The zero-order valence-electron chi connectivity index (χ0n) is 8.61. The topological polar surface area (TPSA) is 17.3 Å². The van der Waals surface area contributed by atoms with Gasteiger partial charge in [0.05, 0.1) is 0 Å². The Morgan fingerprint density at radius 1 is 1.27 bits per heavy atom. The highest BCUT2D eigenvalue weighted by atomic mass is 19.3. The van der Waals surface area contributed by atoms with Gasteiger partial charge in [-0.05, 0) is 17.5 Å². The van der Waals surface area contributed by atoms with E-state index in [1.165, 1.54) is 6.20 Å². The maximum absolute atomic E-state index is 12.8. The molecule has 2 nitrogen and oxygen atoms in total. The maximum Gasteiger partial charge on any atom is 0.265 e. The van der Waals surface area contributed by atoms with Gasteiger partial charge in [-0.1, -0.05) is 13.8 Å². The molecule has 0 aliphatic heterocycles. The summed E-state index contributed by atoms with van der Waals surface area (Å²) in [6.07, 6.45) is 2.30. The molecule has 0 N–H and O–H groups in total. The van der Waals surface area contributed by atoms with Crippen LogP contribution in [0.1, 0.15) is 37.3 Å². The van der Waals surface area contributed by atoms with Crippen LogP contribution < -0.4 is 0 Å². The SMILES string of the molecule is CC(C)c1cc2nccn2cc1C(F)F. The number of halogens is 2. The zero-order valence-corrected chi connectivity index (χ0v) is 8.61. The van der Waals surface area contributed by atoms with Crippen molar-refractivity contribution >= 4 is 5.65 Å². The summed E-state index contributed by atoms with van der Waals surface area (Å²) in [5, 5.41) is 0. The lowest BCUT2D eigenvalue weighted by Crippen LogP contribution is -2.00. The van der Waals surface area contributed by atoms with E-state index in [9.17, 15) is 8.78 Å². The Kier molecular flexibility index (Phi) is 2.42.